The molecule has 0 bridgehead atoms. The van der Waals surface area contributed by atoms with Crippen molar-refractivity contribution < 1.29 is 14.6 Å². The summed E-state index contributed by atoms with van der Waals surface area (Å²) in [5.74, 6) is -0.419. The molecule has 1 aliphatic rings. The fraction of sp³-hybridized carbons (Fsp3) is 0.857. The Labute approximate surface area is 74.1 Å². The number of piperidine rings is 1. The van der Waals surface area contributed by atoms with Crippen molar-refractivity contribution >= 4 is 15.4 Å². The maximum atomic E-state index is 11.1. The van der Waals surface area contributed by atoms with E-state index in [4.69, 9.17) is 0 Å². The van der Waals surface area contributed by atoms with Gasteiger partial charge >= 0.3 is 5.97 Å². The lowest BCUT2D eigenvalue weighted by Gasteiger charge is -2.31. The molecule has 0 radical (unpaired) electrons. The number of β-amino-alcohol motifs (C(OH)–C–C–N with tert-alkyl or cyclic N) is 1. The summed E-state index contributed by atoms with van der Waals surface area (Å²) in [4.78, 5) is 11.1. The first-order valence-corrected chi connectivity index (χ1v) is 4.40. The van der Waals surface area contributed by atoms with Gasteiger partial charge in [0.1, 0.15) is 0 Å². The number of ether oxygens (including phenoxy) is 1. The largest absolute Gasteiger partial charge is 0.469 e. The second-order valence-electron chi connectivity index (χ2n) is 3.06. The molecule has 1 saturated heterocycles. The number of aliphatic hydroxyl groups is 1. The van der Waals surface area contributed by atoms with Crippen molar-refractivity contribution in [3.63, 3.8) is 0 Å². The summed E-state index contributed by atoms with van der Waals surface area (Å²) in [6.07, 6.45) is 0.0951. The number of methoxy groups -OCH3 is 1. The van der Waals surface area contributed by atoms with Gasteiger partial charge < -0.3 is 9.84 Å². The molecule has 3 atom stereocenters. The highest BCUT2D eigenvalue weighted by Crippen LogP contribution is 2.20. The molecular formula is C7H14NO3P. The molecule has 0 aromatic carbocycles. The Balaban J connectivity index is 2.49. The molecule has 1 heterocycles. The van der Waals surface area contributed by atoms with Crippen LogP contribution >= 0.6 is 9.39 Å². The van der Waals surface area contributed by atoms with Gasteiger partial charge in [0, 0.05) is 13.1 Å². The van der Waals surface area contributed by atoms with E-state index in [0.29, 0.717) is 19.5 Å². The monoisotopic (exact) mass is 191 g/mol. The van der Waals surface area contributed by atoms with Crippen molar-refractivity contribution in [3.8, 4) is 0 Å². The molecule has 0 aliphatic carbocycles. The van der Waals surface area contributed by atoms with Crippen LogP contribution in [0.2, 0.25) is 0 Å². The van der Waals surface area contributed by atoms with Crippen LogP contribution in [0.5, 0.6) is 0 Å². The molecule has 70 valence electrons. The van der Waals surface area contributed by atoms with Crippen LogP contribution in [0, 0.1) is 5.92 Å². The molecule has 5 heteroatoms. The fourth-order valence-electron chi connectivity index (χ4n) is 1.44. The van der Waals surface area contributed by atoms with Crippen molar-refractivity contribution in [1.29, 1.82) is 0 Å². The maximum Gasteiger partial charge on any atom is 0.310 e. The standard InChI is InChI=1S/C7H14NO3P/c1-11-7(10)5-2-6(9)4-8(12)3-5/h5-6,9H,2-4,12H2,1H3. The van der Waals surface area contributed by atoms with E-state index in [0.717, 1.165) is 0 Å². The number of carbonyl (C=O) groups is 1. The summed E-state index contributed by atoms with van der Waals surface area (Å²) >= 11 is 0. The van der Waals surface area contributed by atoms with Gasteiger partial charge in [-0.2, -0.15) is 0 Å². The second kappa shape index (κ2) is 4.17. The molecule has 0 aromatic heterocycles. The third kappa shape index (κ3) is 2.41. The van der Waals surface area contributed by atoms with Gasteiger partial charge in [-0.05, 0) is 6.42 Å². The van der Waals surface area contributed by atoms with E-state index in [1.54, 1.807) is 0 Å². The van der Waals surface area contributed by atoms with E-state index < -0.39 is 6.10 Å². The molecule has 1 N–H and O–H groups in total. The quantitative estimate of drug-likeness (QED) is 0.454. The first kappa shape index (κ1) is 9.90. The van der Waals surface area contributed by atoms with Gasteiger partial charge in [0.15, 0.2) is 0 Å². The molecule has 0 aromatic rings. The number of aliphatic hydroxyl groups excluding tert-OH is 1. The number of hydrogen-bond acceptors (Lipinski definition) is 4. The van der Waals surface area contributed by atoms with Crippen LogP contribution in [0.1, 0.15) is 6.42 Å². The summed E-state index contributed by atoms with van der Waals surface area (Å²) in [6.45, 7) is 1.26. The van der Waals surface area contributed by atoms with Crippen LogP contribution in [-0.2, 0) is 9.53 Å². The SMILES string of the molecule is COC(=O)C1CC(O)CN(P)C1. The summed E-state index contributed by atoms with van der Waals surface area (Å²) in [6, 6.07) is 0. The molecule has 3 unspecified atom stereocenters. The van der Waals surface area contributed by atoms with Crippen LogP contribution in [-0.4, -0.2) is 42.0 Å². The van der Waals surface area contributed by atoms with Gasteiger partial charge in [0.05, 0.1) is 19.1 Å². The molecule has 4 nitrogen and oxygen atoms in total. The molecule has 1 rings (SSSR count). The smallest absolute Gasteiger partial charge is 0.310 e. The Hall–Kier alpha value is -0.180. The highest BCUT2D eigenvalue weighted by Gasteiger charge is 2.29. The summed E-state index contributed by atoms with van der Waals surface area (Å²) in [5.41, 5.74) is 0. The number of hydrogen-bond donors (Lipinski definition) is 1. The molecule has 1 fully saturated rings. The maximum absolute atomic E-state index is 11.1. The lowest BCUT2D eigenvalue weighted by molar-refractivity contribution is -0.148. The van der Waals surface area contributed by atoms with E-state index >= 15 is 0 Å². The fourth-order valence-corrected chi connectivity index (χ4v) is 1.94. The Kier molecular flexibility index (Phi) is 3.44. The van der Waals surface area contributed by atoms with E-state index in [-0.39, 0.29) is 11.9 Å². The number of carbonyl (C=O) groups excluding carboxylic acids is 1. The van der Waals surface area contributed by atoms with E-state index in [2.05, 4.69) is 14.1 Å². The zero-order valence-electron chi connectivity index (χ0n) is 7.06. The Bertz CT molecular complexity index is 166. The van der Waals surface area contributed by atoms with Crippen molar-refractivity contribution in [2.45, 2.75) is 12.5 Å². The summed E-state index contributed by atoms with van der Waals surface area (Å²) < 4.78 is 6.46. The average Bonchev–Trinajstić information content (AvgIpc) is 2.01. The van der Waals surface area contributed by atoms with E-state index in [1.807, 2.05) is 4.67 Å². The summed E-state index contributed by atoms with van der Waals surface area (Å²) in [5, 5.41) is 9.33. The van der Waals surface area contributed by atoms with Gasteiger partial charge in [0.2, 0.25) is 0 Å². The topological polar surface area (TPSA) is 49.8 Å². The van der Waals surface area contributed by atoms with Crippen LogP contribution in [0.15, 0.2) is 0 Å². The van der Waals surface area contributed by atoms with Gasteiger partial charge in [-0.25, -0.2) is 0 Å². The van der Waals surface area contributed by atoms with Crippen LogP contribution < -0.4 is 0 Å². The van der Waals surface area contributed by atoms with Gasteiger partial charge in [0.25, 0.3) is 0 Å². The molecule has 0 spiro atoms. The normalized spacial score (nSPS) is 31.6. The predicted octanol–water partition coefficient (Wildman–Crippen LogP) is -0.368. The zero-order chi connectivity index (χ0) is 9.14. The molecule has 12 heavy (non-hydrogen) atoms. The van der Waals surface area contributed by atoms with Crippen molar-refractivity contribution in [2.75, 3.05) is 20.2 Å². The third-order valence-electron chi connectivity index (χ3n) is 1.99. The van der Waals surface area contributed by atoms with Crippen LogP contribution in [0.4, 0.5) is 0 Å². The molecular weight excluding hydrogens is 177 g/mol. The zero-order valence-corrected chi connectivity index (χ0v) is 8.22. The Morgan fingerprint density at radius 2 is 2.33 bits per heavy atom. The predicted molar refractivity (Wildman–Crippen MR) is 47.4 cm³/mol. The third-order valence-corrected chi connectivity index (χ3v) is 2.41. The highest BCUT2D eigenvalue weighted by molar-refractivity contribution is 7.13. The Morgan fingerprint density at radius 1 is 1.67 bits per heavy atom. The minimum atomic E-state index is -0.416. The lowest BCUT2D eigenvalue weighted by atomic mass is 9.98. The first-order valence-electron chi connectivity index (χ1n) is 3.89. The van der Waals surface area contributed by atoms with E-state index in [1.165, 1.54) is 7.11 Å². The Morgan fingerprint density at radius 3 is 2.83 bits per heavy atom. The van der Waals surface area contributed by atoms with Crippen molar-refractivity contribution in [2.24, 2.45) is 5.92 Å². The van der Waals surface area contributed by atoms with Crippen molar-refractivity contribution in [1.82, 2.24) is 4.67 Å². The second-order valence-corrected chi connectivity index (χ2v) is 3.79. The number of nitrogens with zero attached hydrogens (tertiary/aromatic N) is 1. The van der Waals surface area contributed by atoms with Gasteiger partial charge in [-0.1, -0.05) is 9.39 Å². The van der Waals surface area contributed by atoms with E-state index in [9.17, 15) is 9.90 Å². The summed E-state index contributed by atoms with van der Waals surface area (Å²) in [7, 11) is 3.86. The average molecular weight is 191 g/mol. The van der Waals surface area contributed by atoms with Gasteiger partial charge in [-0.3, -0.25) is 9.46 Å². The molecule has 1 aliphatic heterocycles. The number of esters is 1. The number of rotatable bonds is 1. The lowest BCUT2D eigenvalue weighted by Crippen LogP contribution is -2.41. The van der Waals surface area contributed by atoms with Crippen LogP contribution in [0.25, 0.3) is 0 Å². The molecule has 0 amide bonds. The molecule has 0 saturated carbocycles. The van der Waals surface area contributed by atoms with Gasteiger partial charge in [-0.15, -0.1) is 0 Å². The first-order chi connectivity index (χ1) is 5.63. The minimum absolute atomic E-state index is 0.184. The van der Waals surface area contributed by atoms with Crippen molar-refractivity contribution in [3.05, 3.63) is 0 Å². The van der Waals surface area contributed by atoms with Crippen LogP contribution in [0.3, 0.4) is 0 Å². The minimum Gasteiger partial charge on any atom is -0.469 e. The highest BCUT2D eigenvalue weighted by atomic mass is 31.0.